The number of ether oxygens (including phenoxy) is 1. The van der Waals surface area contributed by atoms with Crippen molar-refractivity contribution in [3.8, 4) is 0 Å². The molecule has 2 aromatic rings. The summed E-state index contributed by atoms with van der Waals surface area (Å²) in [4.78, 5) is 0. The molecule has 2 heteroatoms. The smallest absolute Gasteiger partial charge is 0.0835 e. The van der Waals surface area contributed by atoms with Crippen molar-refractivity contribution in [1.29, 1.82) is 0 Å². The second-order valence-electron chi connectivity index (χ2n) is 4.67. The summed E-state index contributed by atoms with van der Waals surface area (Å²) >= 11 is 3.52. The Morgan fingerprint density at radius 2 is 1.94 bits per heavy atom. The van der Waals surface area contributed by atoms with Gasteiger partial charge in [-0.2, -0.15) is 0 Å². The zero-order chi connectivity index (χ0) is 12.4. The second-order valence-corrected chi connectivity index (χ2v) is 5.58. The molecule has 1 aliphatic carbocycles. The standard InChI is InChI=1S/C16H15BrO/c17-14-7-8-15-13(10-14)6-9-16(15)18-11-12-4-2-1-3-5-12/h1-5,7-8,10,16H,6,9,11H2. The maximum atomic E-state index is 6.04. The Morgan fingerprint density at radius 1 is 1.11 bits per heavy atom. The van der Waals surface area contributed by atoms with E-state index in [1.165, 1.54) is 16.7 Å². The highest BCUT2D eigenvalue weighted by Crippen LogP contribution is 2.35. The highest BCUT2D eigenvalue weighted by molar-refractivity contribution is 9.10. The lowest BCUT2D eigenvalue weighted by molar-refractivity contribution is 0.0411. The van der Waals surface area contributed by atoms with E-state index in [-0.39, 0.29) is 6.10 Å². The van der Waals surface area contributed by atoms with Crippen molar-refractivity contribution in [2.24, 2.45) is 0 Å². The van der Waals surface area contributed by atoms with Crippen LogP contribution in [-0.2, 0) is 17.8 Å². The van der Waals surface area contributed by atoms with Crippen LogP contribution in [0, 0.1) is 0 Å². The van der Waals surface area contributed by atoms with Crippen LogP contribution in [0.3, 0.4) is 0 Å². The van der Waals surface area contributed by atoms with Crippen LogP contribution in [0.2, 0.25) is 0 Å². The van der Waals surface area contributed by atoms with Crippen molar-refractivity contribution in [2.45, 2.75) is 25.6 Å². The summed E-state index contributed by atoms with van der Waals surface area (Å²) in [5.41, 5.74) is 4.01. The highest BCUT2D eigenvalue weighted by atomic mass is 79.9. The van der Waals surface area contributed by atoms with E-state index in [2.05, 4.69) is 58.4 Å². The predicted octanol–water partition coefficient (Wildman–Crippen LogP) is 4.65. The molecule has 0 amide bonds. The fourth-order valence-electron chi connectivity index (χ4n) is 2.49. The van der Waals surface area contributed by atoms with Gasteiger partial charge in [0, 0.05) is 4.47 Å². The molecule has 3 rings (SSSR count). The monoisotopic (exact) mass is 302 g/mol. The van der Waals surface area contributed by atoms with Crippen molar-refractivity contribution in [3.63, 3.8) is 0 Å². The number of hydrogen-bond donors (Lipinski definition) is 0. The molecule has 0 heterocycles. The third-order valence-corrected chi connectivity index (χ3v) is 3.92. The minimum Gasteiger partial charge on any atom is -0.369 e. The Balaban J connectivity index is 1.70. The topological polar surface area (TPSA) is 9.23 Å². The molecule has 2 aromatic carbocycles. The lowest BCUT2D eigenvalue weighted by atomic mass is 10.1. The highest BCUT2D eigenvalue weighted by Gasteiger charge is 2.22. The lowest BCUT2D eigenvalue weighted by Gasteiger charge is -2.13. The quantitative estimate of drug-likeness (QED) is 0.801. The van der Waals surface area contributed by atoms with Gasteiger partial charge in [-0.1, -0.05) is 52.3 Å². The maximum absolute atomic E-state index is 6.04. The molecule has 0 spiro atoms. The fraction of sp³-hybridized carbons (Fsp3) is 0.250. The van der Waals surface area contributed by atoms with E-state index < -0.39 is 0 Å². The third-order valence-electron chi connectivity index (χ3n) is 3.42. The van der Waals surface area contributed by atoms with Gasteiger partial charge in [0.15, 0.2) is 0 Å². The molecular weight excluding hydrogens is 288 g/mol. The van der Waals surface area contributed by atoms with Gasteiger partial charge in [0.25, 0.3) is 0 Å². The van der Waals surface area contributed by atoms with Gasteiger partial charge in [0.2, 0.25) is 0 Å². The summed E-state index contributed by atoms with van der Waals surface area (Å²) < 4.78 is 7.20. The predicted molar refractivity (Wildman–Crippen MR) is 76.4 cm³/mol. The number of aryl methyl sites for hydroxylation is 1. The molecule has 0 saturated heterocycles. The fourth-order valence-corrected chi connectivity index (χ4v) is 2.90. The molecule has 18 heavy (non-hydrogen) atoms. The molecule has 0 radical (unpaired) electrons. The first-order valence-corrected chi connectivity index (χ1v) is 7.06. The van der Waals surface area contributed by atoms with E-state index in [9.17, 15) is 0 Å². The molecule has 1 nitrogen and oxygen atoms in total. The second kappa shape index (κ2) is 5.25. The Labute approximate surface area is 116 Å². The number of benzene rings is 2. The molecule has 0 saturated carbocycles. The lowest BCUT2D eigenvalue weighted by Crippen LogP contribution is -2.00. The average Bonchev–Trinajstić information content (AvgIpc) is 2.80. The largest absolute Gasteiger partial charge is 0.369 e. The van der Waals surface area contributed by atoms with Gasteiger partial charge in [-0.05, 0) is 41.7 Å². The Bertz CT molecular complexity index is 536. The van der Waals surface area contributed by atoms with Crippen LogP contribution in [-0.4, -0.2) is 0 Å². The van der Waals surface area contributed by atoms with Gasteiger partial charge >= 0.3 is 0 Å². The minimum atomic E-state index is 0.258. The van der Waals surface area contributed by atoms with E-state index in [1.54, 1.807) is 0 Å². The molecular formula is C16H15BrO. The van der Waals surface area contributed by atoms with E-state index >= 15 is 0 Å². The molecule has 0 aromatic heterocycles. The number of rotatable bonds is 3. The average molecular weight is 303 g/mol. The van der Waals surface area contributed by atoms with Crippen LogP contribution in [0.15, 0.2) is 53.0 Å². The van der Waals surface area contributed by atoms with E-state index in [4.69, 9.17) is 4.74 Å². The van der Waals surface area contributed by atoms with Crippen molar-refractivity contribution in [3.05, 3.63) is 69.7 Å². The maximum Gasteiger partial charge on any atom is 0.0835 e. The summed E-state index contributed by atoms with van der Waals surface area (Å²) in [5, 5.41) is 0. The van der Waals surface area contributed by atoms with Crippen LogP contribution < -0.4 is 0 Å². The Hall–Kier alpha value is -1.12. The first-order valence-electron chi connectivity index (χ1n) is 6.27. The summed E-state index contributed by atoms with van der Waals surface area (Å²) in [6.07, 6.45) is 2.47. The van der Waals surface area contributed by atoms with Gasteiger partial charge in [0.1, 0.15) is 0 Å². The molecule has 1 unspecified atom stereocenters. The van der Waals surface area contributed by atoms with Gasteiger partial charge in [0.05, 0.1) is 12.7 Å². The summed E-state index contributed by atoms with van der Waals surface area (Å²) in [7, 11) is 0. The first-order chi connectivity index (χ1) is 8.83. The zero-order valence-electron chi connectivity index (χ0n) is 10.1. The number of hydrogen-bond acceptors (Lipinski definition) is 1. The van der Waals surface area contributed by atoms with Crippen molar-refractivity contribution >= 4 is 15.9 Å². The number of fused-ring (bicyclic) bond motifs is 1. The van der Waals surface area contributed by atoms with Crippen molar-refractivity contribution in [1.82, 2.24) is 0 Å². The first kappa shape index (κ1) is 11.9. The van der Waals surface area contributed by atoms with E-state index in [0.717, 1.165) is 17.3 Å². The molecule has 1 aliphatic rings. The SMILES string of the molecule is Brc1ccc2c(c1)CCC2OCc1ccccc1. The summed E-state index contributed by atoms with van der Waals surface area (Å²) in [5.74, 6) is 0. The molecule has 0 aliphatic heterocycles. The number of halogens is 1. The van der Waals surface area contributed by atoms with Gasteiger partial charge in [-0.15, -0.1) is 0 Å². The van der Waals surface area contributed by atoms with E-state index in [0.29, 0.717) is 6.61 Å². The minimum absolute atomic E-state index is 0.258. The Morgan fingerprint density at radius 3 is 2.78 bits per heavy atom. The molecule has 1 atom stereocenters. The van der Waals surface area contributed by atoms with E-state index in [1.807, 2.05) is 6.07 Å². The third kappa shape index (κ3) is 2.50. The van der Waals surface area contributed by atoms with Crippen LogP contribution in [0.1, 0.15) is 29.2 Å². The normalized spacial score (nSPS) is 17.7. The molecule has 0 fully saturated rings. The van der Waals surface area contributed by atoms with Crippen LogP contribution in [0.4, 0.5) is 0 Å². The van der Waals surface area contributed by atoms with Gasteiger partial charge in [-0.3, -0.25) is 0 Å². The Kier molecular flexibility index (Phi) is 3.48. The molecule has 0 N–H and O–H groups in total. The van der Waals surface area contributed by atoms with Crippen LogP contribution in [0.25, 0.3) is 0 Å². The molecule has 92 valence electrons. The van der Waals surface area contributed by atoms with Crippen molar-refractivity contribution < 1.29 is 4.74 Å². The summed E-state index contributed by atoms with van der Waals surface area (Å²) in [6, 6.07) is 16.9. The summed E-state index contributed by atoms with van der Waals surface area (Å²) in [6.45, 7) is 0.695. The van der Waals surface area contributed by atoms with Gasteiger partial charge < -0.3 is 4.74 Å². The van der Waals surface area contributed by atoms with Crippen LogP contribution in [0.5, 0.6) is 0 Å². The molecule has 0 bridgehead atoms. The zero-order valence-corrected chi connectivity index (χ0v) is 11.7. The van der Waals surface area contributed by atoms with Crippen LogP contribution >= 0.6 is 15.9 Å². The van der Waals surface area contributed by atoms with Gasteiger partial charge in [-0.25, -0.2) is 0 Å². The van der Waals surface area contributed by atoms with Crippen molar-refractivity contribution in [2.75, 3.05) is 0 Å².